The van der Waals surface area contributed by atoms with Crippen molar-refractivity contribution in [2.75, 3.05) is 13.2 Å². The number of likely N-dealkylation sites (tertiary alicyclic amines) is 1. The van der Waals surface area contributed by atoms with E-state index in [0.29, 0.717) is 18.2 Å². The summed E-state index contributed by atoms with van der Waals surface area (Å²) >= 11 is 0. The van der Waals surface area contributed by atoms with E-state index in [1.807, 2.05) is 30.0 Å². The molecule has 1 aliphatic carbocycles. The SMILES string of the molecule is CCOc1ccc(C2CCCN2C(=O)c2cc(C3CC3)[nH]n2)cc1. The maximum atomic E-state index is 12.9. The highest BCUT2D eigenvalue weighted by Crippen LogP contribution is 2.39. The summed E-state index contributed by atoms with van der Waals surface area (Å²) in [5, 5.41) is 7.29. The normalized spacial score (nSPS) is 20.4. The number of amides is 1. The van der Waals surface area contributed by atoms with Gasteiger partial charge in [0.15, 0.2) is 0 Å². The van der Waals surface area contributed by atoms with E-state index < -0.39 is 0 Å². The quantitative estimate of drug-likeness (QED) is 0.912. The summed E-state index contributed by atoms with van der Waals surface area (Å²) in [5.41, 5.74) is 2.83. The summed E-state index contributed by atoms with van der Waals surface area (Å²) in [7, 11) is 0. The summed E-state index contributed by atoms with van der Waals surface area (Å²) in [5.74, 6) is 1.49. The molecular weight excluding hydrogens is 302 g/mol. The zero-order chi connectivity index (χ0) is 16.5. The molecule has 0 radical (unpaired) electrons. The molecule has 126 valence electrons. The standard InChI is InChI=1S/C19H23N3O2/c1-2-24-15-9-7-14(8-10-15)18-4-3-11-22(18)19(23)17-12-16(20-21-17)13-5-6-13/h7-10,12-13,18H,2-6,11H2,1H3,(H,20,21). The first-order chi connectivity index (χ1) is 11.8. The minimum Gasteiger partial charge on any atom is -0.494 e. The monoisotopic (exact) mass is 325 g/mol. The van der Waals surface area contributed by atoms with Gasteiger partial charge in [-0.25, -0.2) is 0 Å². The lowest BCUT2D eigenvalue weighted by Crippen LogP contribution is -2.30. The molecule has 1 atom stereocenters. The van der Waals surface area contributed by atoms with Crippen molar-refractivity contribution in [3.63, 3.8) is 0 Å². The highest BCUT2D eigenvalue weighted by molar-refractivity contribution is 5.93. The fraction of sp³-hybridized carbons (Fsp3) is 0.474. The molecule has 0 spiro atoms. The molecular formula is C19H23N3O2. The van der Waals surface area contributed by atoms with Crippen LogP contribution in [-0.2, 0) is 0 Å². The predicted molar refractivity (Wildman–Crippen MR) is 91.2 cm³/mol. The van der Waals surface area contributed by atoms with Crippen LogP contribution in [0.5, 0.6) is 5.75 Å². The minimum atomic E-state index is 0.0366. The van der Waals surface area contributed by atoms with Gasteiger partial charge in [-0.3, -0.25) is 9.89 Å². The molecule has 24 heavy (non-hydrogen) atoms. The molecule has 5 heteroatoms. The van der Waals surface area contributed by atoms with Gasteiger partial charge in [-0.05, 0) is 56.4 Å². The number of rotatable bonds is 5. The van der Waals surface area contributed by atoms with E-state index in [-0.39, 0.29) is 11.9 Å². The maximum absolute atomic E-state index is 12.9. The third-order valence-corrected chi connectivity index (χ3v) is 4.92. The molecule has 1 aromatic heterocycles. The number of benzene rings is 1. The summed E-state index contributed by atoms with van der Waals surface area (Å²) in [6.07, 6.45) is 4.44. The van der Waals surface area contributed by atoms with Crippen molar-refractivity contribution in [1.82, 2.24) is 15.1 Å². The van der Waals surface area contributed by atoms with Crippen LogP contribution in [-0.4, -0.2) is 34.2 Å². The number of carbonyl (C=O) groups is 1. The minimum absolute atomic E-state index is 0.0366. The molecule has 1 amide bonds. The fourth-order valence-corrected chi connectivity index (χ4v) is 3.51. The molecule has 1 unspecified atom stereocenters. The Morgan fingerprint density at radius 1 is 1.29 bits per heavy atom. The lowest BCUT2D eigenvalue weighted by molar-refractivity contribution is 0.0729. The van der Waals surface area contributed by atoms with E-state index in [0.717, 1.165) is 30.8 Å². The van der Waals surface area contributed by atoms with Gasteiger partial charge in [0.05, 0.1) is 12.6 Å². The second-order valence-corrected chi connectivity index (χ2v) is 6.64. The molecule has 1 saturated heterocycles. The molecule has 2 aromatic rings. The van der Waals surface area contributed by atoms with Crippen LogP contribution in [0.3, 0.4) is 0 Å². The predicted octanol–water partition coefficient (Wildman–Crippen LogP) is 3.66. The van der Waals surface area contributed by atoms with Crippen LogP contribution in [0.25, 0.3) is 0 Å². The molecule has 4 rings (SSSR count). The first-order valence-electron chi connectivity index (χ1n) is 8.85. The van der Waals surface area contributed by atoms with E-state index in [2.05, 4.69) is 22.3 Å². The van der Waals surface area contributed by atoms with E-state index in [9.17, 15) is 4.79 Å². The zero-order valence-corrected chi connectivity index (χ0v) is 14.0. The number of aromatic amines is 1. The molecule has 1 aliphatic heterocycles. The van der Waals surface area contributed by atoms with Gasteiger partial charge in [0.2, 0.25) is 0 Å². The van der Waals surface area contributed by atoms with E-state index in [4.69, 9.17) is 4.74 Å². The van der Waals surface area contributed by atoms with Crippen molar-refractivity contribution in [1.29, 1.82) is 0 Å². The van der Waals surface area contributed by atoms with E-state index in [1.54, 1.807) is 0 Å². The number of aromatic nitrogens is 2. The van der Waals surface area contributed by atoms with Gasteiger partial charge in [-0.15, -0.1) is 0 Å². The van der Waals surface area contributed by atoms with Gasteiger partial charge >= 0.3 is 0 Å². The zero-order valence-electron chi connectivity index (χ0n) is 14.0. The summed E-state index contributed by atoms with van der Waals surface area (Å²) < 4.78 is 5.50. The maximum Gasteiger partial charge on any atom is 0.274 e. The average molecular weight is 325 g/mol. The van der Waals surface area contributed by atoms with Crippen molar-refractivity contribution in [3.05, 3.63) is 47.3 Å². The van der Waals surface area contributed by atoms with Crippen LogP contribution in [0.1, 0.15) is 66.3 Å². The van der Waals surface area contributed by atoms with Crippen molar-refractivity contribution < 1.29 is 9.53 Å². The molecule has 5 nitrogen and oxygen atoms in total. The van der Waals surface area contributed by atoms with E-state index in [1.165, 1.54) is 18.4 Å². The third-order valence-electron chi connectivity index (χ3n) is 4.92. The van der Waals surface area contributed by atoms with Crippen LogP contribution in [0.2, 0.25) is 0 Å². The van der Waals surface area contributed by atoms with Crippen molar-refractivity contribution in [2.24, 2.45) is 0 Å². The van der Waals surface area contributed by atoms with E-state index >= 15 is 0 Å². The van der Waals surface area contributed by atoms with Crippen LogP contribution < -0.4 is 4.74 Å². The Bertz CT molecular complexity index is 718. The van der Waals surface area contributed by atoms with Crippen LogP contribution in [0.15, 0.2) is 30.3 Å². The van der Waals surface area contributed by atoms with Crippen LogP contribution in [0.4, 0.5) is 0 Å². The summed E-state index contributed by atoms with van der Waals surface area (Å²) in [6, 6.07) is 10.2. The highest BCUT2D eigenvalue weighted by atomic mass is 16.5. The number of ether oxygens (including phenoxy) is 1. The Balaban J connectivity index is 1.51. The smallest absolute Gasteiger partial charge is 0.274 e. The number of carbonyl (C=O) groups excluding carboxylic acids is 1. The van der Waals surface area contributed by atoms with Crippen LogP contribution in [0, 0.1) is 0 Å². The van der Waals surface area contributed by atoms with Crippen molar-refractivity contribution in [2.45, 2.75) is 44.6 Å². The Hall–Kier alpha value is -2.30. The number of hydrogen-bond donors (Lipinski definition) is 1. The Labute approximate surface area is 142 Å². The Morgan fingerprint density at radius 3 is 2.79 bits per heavy atom. The summed E-state index contributed by atoms with van der Waals surface area (Å²) in [4.78, 5) is 14.8. The van der Waals surface area contributed by atoms with Gasteiger partial charge in [0.25, 0.3) is 5.91 Å². The summed E-state index contributed by atoms with van der Waals surface area (Å²) in [6.45, 7) is 3.43. The fourth-order valence-electron chi connectivity index (χ4n) is 3.51. The number of nitrogens with zero attached hydrogens (tertiary/aromatic N) is 2. The molecule has 2 aliphatic rings. The number of hydrogen-bond acceptors (Lipinski definition) is 3. The second kappa shape index (κ2) is 6.30. The molecule has 0 bridgehead atoms. The van der Waals surface area contributed by atoms with Crippen molar-refractivity contribution in [3.8, 4) is 5.75 Å². The lowest BCUT2D eigenvalue weighted by atomic mass is 10.0. The van der Waals surface area contributed by atoms with Gasteiger partial charge in [0.1, 0.15) is 11.4 Å². The van der Waals surface area contributed by atoms with Gasteiger partial charge in [0, 0.05) is 18.2 Å². The third kappa shape index (κ3) is 2.90. The molecule has 2 heterocycles. The van der Waals surface area contributed by atoms with Gasteiger partial charge < -0.3 is 9.64 Å². The van der Waals surface area contributed by atoms with Crippen LogP contribution >= 0.6 is 0 Å². The Kier molecular flexibility index (Phi) is 4.00. The first-order valence-corrected chi connectivity index (χ1v) is 8.85. The average Bonchev–Trinajstić information content (AvgIpc) is 3.13. The van der Waals surface area contributed by atoms with Crippen molar-refractivity contribution >= 4 is 5.91 Å². The lowest BCUT2D eigenvalue weighted by Gasteiger charge is -2.24. The number of nitrogens with one attached hydrogen (secondary N) is 1. The molecule has 1 saturated carbocycles. The van der Waals surface area contributed by atoms with Gasteiger partial charge in [-0.1, -0.05) is 12.1 Å². The highest BCUT2D eigenvalue weighted by Gasteiger charge is 2.33. The topological polar surface area (TPSA) is 58.2 Å². The van der Waals surface area contributed by atoms with Gasteiger partial charge in [-0.2, -0.15) is 5.10 Å². The largest absolute Gasteiger partial charge is 0.494 e. The first kappa shape index (κ1) is 15.2. The Morgan fingerprint density at radius 2 is 2.08 bits per heavy atom. The number of H-pyrrole nitrogens is 1. The second-order valence-electron chi connectivity index (χ2n) is 6.64. The molecule has 1 N–H and O–H groups in total. The molecule has 2 fully saturated rings. The molecule has 1 aromatic carbocycles.